The lowest BCUT2D eigenvalue weighted by Gasteiger charge is -1.96. The SMILES string of the molecule is Ic1nc[nH]c2ccnc1-2. The van der Waals surface area contributed by atoms with Crippen molar-refractivity contribution in [3.63, 3.8) is 0 Å². The Balaban J connectivity index is 2.80. The Morgan fingerprint density at radius 3 is 3.10 bits per heavy atom. The molecule has 0 aliphatic carbocycles. The van der Waals surface area contributed by atoms with Crippen molar-refractivity contribution in [3.8, 4) is 11.4 Å². The molecule has 4 heteroatoms. The summed E-state index contributed by atoms with van der Waals surface area (Å²) < 4.78 is 0.941. The summed E-state index contributed by atoms with van der Waals surface area (Å²) in [7, 11) is 0. The van der Waals surface area contributed by atoms with Gasteiger partial charge in [-0.2, -0.15) is 0 Å². The molecule has 0 saturated heterocycles. The monoisotopic (exact) mass is 245 g/mol. The third-order valence-electron chi connectivity index (χ3n) is 1.29. The van der Waals surface area contributed by atoms with Crippen molar-refractivity contribution >= 4 is 22.6 Å². The Hall–Kier alpha value is -0.650. The molecule has 0 aromatic rings. The van der Waals surface area contributed by atoms with Crippen LogP contribution in [0.1, 0.15) is 0 Å². The van der Waals surface area contributed by atoms with Crippen LogP contribution in [0, 0.1) is 3.70 Å². The number of nitrogens with one attached hydrogen (secondary N) is 1. The predicted molar refractivity (Wildman–Crippen MR) is 45.7 cm³/mol. The highest BCUT2D eigenvalue weighted by molar-refractivity contribution is 14.1. The Morgan fingerprint density at radius 1 is 1.40 bits per heavy atom. The summed E-state index contributed by atoms with van der Waals surface area (Å²) in [4.78, 5) is 11.2. The van der Waals surface area contributed by atoms with Crippen LogP contribution in [0.4, 0.5) is 0 Å². The minimum absolute atomic E-state index is 0.941. The molecule has 0 aromatic carbocycles. The van der Waals surface area contributed by atoms with Crippen molar-refractivity contribution in [2.75, 3.05) is 0 Å². The van der Waals surface area contributed by atoms with Gasteiger partial charge in [0.2, 0.25) is 0 Å². The fourth-order valence-corrected chi connectivity index (χ4v) is 1.40. The molecule has 0 fully saturated rings. The first-order valence-corrected chi connectivity index (χ1v) is 3.89. The maximum Gasteiger partial charge on any atom is 0.130 e. The van der Waals surface area contributed by atoms with E-state index in [-0.39, 0.29) is 0 Å². The van der Waals surface area contributed by atoms with E-state index < -0.39 is 0 Å². The van der Waals surface area contributed by atoms with Gasteiger partial charge in [-0.25, -0.2) is 4.98 Å². The minimum atomic E-state index is 0.941. The number of hydrogen-bond acceptors (Lipinski definition) is 2. The molecule has 0 unspecified atom stereocenters. The highest BCUT2D eigenvalue weighted by Gasteiger charge is 2.06. The van der Waals surface area contributed by atoms with Gasteiger partial charge in [0.05, 0.1) is 12.0 Å². The summed E-state index contributed by atoms with van der Waals surface area (Å²) in [6, 6.07) is 1.93. The van der Waals surface area contributed by atoms with Gasteiger partial charge in [-0.1, -0.05) is 0 Å². The number of hydrogen-bond donors (Lipinski definition) is 1. The smallest absolute Gasteiger partial charge is 0.130 e. The number of halogens is 1. The Morgan fingerprint density at radius 2 is 2.30 bits per heavy atom. The molecule has 0 radical (unpaired) electrons. The van der Waals surface area contributed by atoms with E-state index in [9.17, 15) is 0 Å². The normalized spacial score (nSPS) is 10.5. The lowest BCUT2D eigenvalue weighted by Crippen LogP contribution is -1.89. The van der Waals surface area contributed by atoms with E-state index >= 15 is 0 Å². The van der Waals surface area contributed by atoms with Gasteiger partial charge < -0.3 is 4.98 Å². The Kier molecular flexibility index (Phi) is 1.33. The second-order valence-corrected chi connectivity index (χ2v) is 2.92. The molecule has 2 heterocycles. The van der Waals surface area contributed by atoms with E-state index in [1.807, 2.05) is 6.07 Å². The Bertz CT molecular complexity index is 317. The fraction of sp³-hybridized carbons (Fsp3) is 0. The molecule has 0 amide bonds. The highest BCUT2D eigenvalue weighted by Crippen LogP contribution is 2.19. The average molecular weight is 245 g/mol. The zero-order valence-electron chi connectivity index (χ0n) is 5.00. The summed E-state index contributed by atoms with van der Waals surface area (Å²) in [6.45, 7) is 0. The largest absolute Gasteiger partial charge is 0.344 e. The van der Waals surface area contributed by atoms with Crippen molar-refractivity contribution in [1.29, 1.82) is 0 Å². The van der Waals surface area contributed by atoms with Crippen LogP contribution < -0.4 is 0 Å². The van der Waals surface area contributed by atoms with Gasteiger partial charge in [0.25, 0.3) is 0 Å². The number of nitrogens with zero attached hydrogens (tertiary/aromatic N) is 2. The minimum Gasteiger partial charge on any atom is -0.344 e. The van der Waals surface area contributed by atoms with Gasteiger partial charge >= 0.3 is 0 Å². The van der Waals surface area contributed by atoms with Crippen molar-refractivity contribution < 1.29 is 0 Å². The van der Waals surface area contributed by atoms with Crippen molar-refractivity contribution in [2.24, 2.45) is 0 Å². The first kappa shape index (κ1) is 6.09. The van der Waals surface area contributed by atoms with Crippen molar-refractivity contribution in [2.45, 2.75) is 0 Å². The van der Waals surface area contributed by atoms with Crippen LogP contribution in [0.2, 0.25) is 0 Å². The zero-order valence-corrected chi connectivity index (χ0v) is 7.16. The van der Waals surface area contributed by atoms with E-state index in [1.54, 1.807) is 12.5 Å². The van der Waals surface area contributed by atoms with Gasteiger partial charge in [0, 0.05) is 6.20 Å². The first-order valence-electron chi connectivity index (χ1n) is 2.81. The van der Waals surface area contributed by atoms with Crippen LogP contribution in [-0.2, 0) is 0 Å². The first-order chi connectivity index (χ1) is 4.88. The zero-order chi connectivity index (χ0) is 6.97. The summed E-state index contributed by atoms with van der Waals surface area (Å²) in [5.74, 6) is 0. The van der Waals surface area contributed by atoms with Crippen molar-refractivity contribution in [3.05, 3.63) is 22.3 Å². The quantitative estimate of drug-likeness (QED) is 0.564. The van der Waals surface area contributed by atoms with Gasteiger partial charge in [0.15, 0.2) is 0 Å². The molecule has 0 bridgehead atoms. The Labute approximate surface area is 71.4 Å². The van der Waals surface area contributed by atoms with Crippen molar-refractivity contribution in [1.82, 2.24) is 15.0 Å². The molecule has 50 valence electrons. The van der Waals surface area contributed by atoms with E-state index in [0.29, 0.717) is 0 Å². The van der Waals surface area contributed by atoms with Crippen LogP contribution in [0.3, 0.4) is 0 Å². The van der Waals surface area contributed by atoms with Crippen LogP contribution in [0.5, 0.6) is 0 Å². The van der Waals surface area contributed by atoms with Crippen LogP contribution in [0.15, 0.2) is 18.6 Å². The van der Waals surface area contributed by atoms with Gasteiger partial charge in [0.1, 0.15) is 9.39 Å². The van der Waals surface area contributed by atoms with E-state index in [4.69, 9.17) is 0 Å². The number of fused-ring (bicyclic) bond motifs is 1. The molecule has 2 rings (SSSR count). The van der Waals surface area contributed by atoms with Gasteiger partial charge in [-0.3, -0.25) is 4.98 Å². The predicted octanol–water partition coefficient (Wildman–Crippen LogP) is 1.51. The maximum absolute atomic E-state index is 4.12. The molecular formula is C6H4IN3. The van der Waals surface area contributed by atoms with Crippen LogP contribution >= 0.6 is 22.6 Å². The molecule has 0 saturated carbocycles. The average Bonchev–Trinajstić information content (AvgIpc) is 2.36. The number of H-pyrrole nitrogens is 1. The molecule has 1 N–H and O–H groups in total. The molecule has 10 heavy (non-hydrogen) atoms. The highest BCUT2D eigenvalue weighted by atomic mass is 127. The van der Waals surface area contributed by atoms with Gasteiger partial charge in [-0.05, 0) is 28.7 Å². The topological polar surface area (TPSA) is 41.6 Å². The van der Waals surface area contributed by atoms with Crippen LogP contribution in [-0.4, -0.2) is 15.0 Å². The second kappa shape index (κ2) is 2.19. The second-order valence-electron chi connectivity index (χ2n) is 1.90. The third kappa shape index (κ3) is 0.792. The standard InChI is InChI=1S/C6H4IN3/c7-6-5-4(1-2-8-5)9-3-10-6/h1-3H,(H,9,10). The van der Waals surface area contributed by atoms with Gasteiger partial charge in [-0.15, -0.1) is 0 Å². The summed E-state index contributed by atoms with van der Waals surface area (Å²) >= 11 is 2.16. The summed E-state index contributed by atoms with van der Waals surface area (Å²) in [5.41, 5.74) is 1.99. The maximum atomic E-state index is 4.12. The fourth-order valence-electron chi connectivity index (χ4n) is 0.835. The van der Waals surface area contributed by atoms with E-state index in [0.717, 1.165) is 15.1 Å². The summed E-state index contributed by atoms with van der Waals surface area (Å²) in [5, 5.41) is 0. The van der Waals surface area contributed by atoms with E-state index in [2.05, 4.69) is 37.5 Å². The molecule has 2 aliphatic heterocycles. The molecule has 0 aromatic heterocycles. The summed E-state index contributed by atoms with van der Waals surface area (Å²) in [6.07, 6.45) is 3.44. The molecule has 2 aliphatic rings. The lowest BCUT2D eigenvalue weighted by atomic mass is 10.3. The lowest BCUT2D eigenvalue weighted by molar-refractivity contribution is 1.12. The molecule has 0 spiro atoms. The molecule has 3 nitrogen and oxygen atoms in total. The van der Waals surface area contributed by atoms with E-state index in [1.165, 1.54) is 0 Å². The third-order valence-corrected chi connectivity index (χ3v) is 2.08. The number of rotatable bonds is 0. The van der Waals surface area contributed by atoms with Crippen LogP contribution in [0.25, 0.3) is 11.4 Å². The molecular weight excluding hydrogens is 241 g/mol. The number of aromatic amines is 1. The molecule has 0 atom stereocenters. The number of aromatic nitrogens is 3.